The number of primary amides is 1. The van der Waals surface area contributed by atoms with Gasteiger partial charge in [-0.2, -0.15) is 0 Å². The molecule has 0 bridgehead atoms. The number of halogens is 1. The van der Waals surface area contributed by atoms with E-state index >= 15 is 0 Å². The summed E-state index contributed by atoms with van der Waals surface area (Å²) in [5.74, 6) is -0.00432. The third-order valence-electron chi connectivity index (χ3n) is 2.75. The zero-order chi connectivity index (χ0) is 15.1. The van der Waals surface area contributed by atoms with Crippen molar-refractivity contribution >= 4 is 23.5 Å². The highest BCUT2D eigenvalue weighted by Crippen LogP contribution is 2.14. The van der Waals surface area contributed by atoms with Crippen LogP contribution >= 0.6 is 11.6 Å². The van der Waals surface area contributed by atoms with Gasteiger partial charge in [-0.05, 0) is 24.0 Å². The van der Waals surface area contributed by atoms with E-state index in [1.165, 1.54) is 0 Å². The first-order chi connectivity index (χ1) is 9.40. The number of benzene rings is 1. The standard InChI is InChI=1S/C14H20ClN3O2/c1-9(2)7-12(18-14(16)20)13(19)17-8-10-5-3-4-6-11(10)15/h3-6,9,12H,7-8H2,1-2H3,(H,17,19)(H3,16,18,20)/t12-/m1/s1. The van der Waals surface area contributed by atoms with E-state index in [0.29, 0.717) is 18.0 Å². The van der Waals surface area contributed by atoms with Crippen molar-refractivity contribution in [3.63, 3.8) is 0 Å². The number of urea groups is 1. The van der Waals surface area contributed by atoms with E-state index in [1.54, 1.807) is 6.07 Å². The average molecular weight is 298 g/mol. The lowest BCUT2D eigenvalue weighted by Gasteiger charge is -2.19. The number of rotatable bonds is 6. The molecule has 20 heavy (non-hydrogen) atoms. The molecule has 0 saturated heterocycles. The van der Waals surface area contributed by atoms with Crippen molar-refractivity contribution in [3.8, 4) is 0 Å². The second kappa shape index (κ2) is 7.75. The summed E-state index contributed by atoms with van der Waals surface area (Å²) in [6.07, 6.45) is 0.525. The first-order valence-corrected chi connectivity index (χ1v) is 6.85. The molecule has 0 unspecified atom stereocenters. The van der Waals surface area contributed by atoms with E-state index in [4.69, 9.17) is 17.3 Å². The molecular formula is C14H20ClN3O2. The molecule has 0 radical (unpaired) electrons. The molecule has 0 aromatic heterocycles. The van der Waals surface area contributed by atoms with Gasteiger partial charge in [0.15, 0.2) is 0 Å². The summed E-state index contributed by atoms with van der Waals surface area (Å²) in [5.41, 5.74) is 5.91. The molecule has 110 valence electrons. The highest BCUT2D eigenvalue weighted by molar-refractivity contribution is 6.31. The molecule has 0 aliphatic heterocycles. The molecule has 0 aliphatic rings. The van der Waals surface area contributed by atoms with Gasteiger partial charge in [-0.15, -0.1) is 0 Å². The van der Waals surface area contributed by atoms with Crippen molar-refractivity contribution in [3.05, 3.63) is 34.9 Å². The van der Waals surface area contributed by atoms with Crippen LogP contribution in [0.3, 0.4) is 0 Å². The predicted molar refractivity (Wildman–Crippen MR) is 79.3 cm³/mol. The molecule has 0 heterocycles. The lowest BCUT2D eigenvalue weighted by molar-refractivity contribution is -0.123. The Hall–Kier alpha value is -1.75. The lowest BCUT2D eigenvalue weighted by Crippen LogP contribution is -2.49. The van der Waals surface area contributed by atoms with Gasteiger partial charge in [0.05, 0.1) is 0 Å². The van der Waals surface area contributed by atoms with Gasteiger partial charge in [0.2, 0.25) is 5.91 Å². The molecule has 0 aliphatic carbocycles. The first-order valence-electron chi connectivity index (χ1n) is 6.47. The molecule has 6 heteroatoms. The molecule has 0 saturated carbocycles. The Bertz CT molecular complexity index is 477. The number of hydrogen-bond acceptors (Lipinski definition) is 2. The highest BCUT2D eigenvalue weighted by Gasteiger charge is 2.20. The number of nitrogens with two attached hydrogens (primary N) is 1. The smallest absolute Gasteiger partial charge is 0.312 e. The van der Waals surface area contributed by atoms with Crippen LogP contribution in [0.4, 0.5) is 4.79 Å². The summed E-state index contributed by atoms with van der Waals surface area (Å²) in [4.78, 5) is 23.0. The first kappa shape index (κ1) is 16.3. The Morgan fingerprint density at radius 1 is 1.30 bits per heavy atom. The van der Waals surface area contributed by atoms with E-state index in [1.807, 2.05) is 32.0 Å². The topological polar surface area (TPSA) is 84.2 Å². The van der Waals surface area contributed by atoms with Gasteiger partial charge in [-0.1, -0.05) is 43.6 Å². The number of hydrogen-bond donors (Lipinski definition) is 3. The zero-order valence-corrected chi connectivity index (χ0v) is 12.4. The quantitative estimate of drug-likeness (QED) is 0.750. The normalized spacial score (nSPS) is 12.0. The maximum Gasteiger partial charge on any atom is 0.312 e. The van der Waals surface area contributed by atoms with Gasteiger partial charge in [0.25, 0.3) is 0 Å². The summed E-state index contributed by atoms with van der Waals surface area (Å²) in [6, 6.07) is 5.93. The van der Waals surface area contributed by atoms with Crippen molar-refractivity contribution in [2.45, 2.75) is 32.9 Å². The van der Waals surface area contributed by atoms with Crippen molar-refractivity contribution in [1.29, 1.82) is 0 Å². The van der Waals surface area contributed by atoms with Crippen LogP contribution in [-0.2, 0) is 11.3 Å². The Balaban J connectivity index is 2.62. The fourth-order valence-electron chi connectivity index (χ4n) is 1.82. The van der Waals surface area contributed by atoms with Crippen LogP contribution in [0.5, 0.6) is 0 Å². The Labute approximate surface area is 123 Å². The van der Waals surface area contributed by atoms with Crippen LogP contribution in [0.25, 0.3) is 0 Å². The van der Waals surface area contributed by atoms with Gasteiger partial charge >= 0.3 is 6.03 Å². The highest BCUT2D eigenvalue weighted by atomic mass is 35.5. The van der Waals surface area contributed by atoms with E-state index < -0.39 is 12.1 Å². The van der Waals surface area contributed by atoms with E-state index in [-0.39, 0.29) is 11.8 Å². The largest absolute Gasteiger partial charge is 0.352 e. The van der Waals surface area contributed by atoms with E-state index in [2.05, 4.69) is 10.6 Å². The number of amides is 3. The third kappa shape index (κ3) is 5.48. The number of carbonyl (C=O) groups is 2. The molecule has 1 atom stereocenters. The summed E-state index contributed by atoms with van der Waals surface area (Å²) >= 11 is 6.01. The lowest BCUT2D eigenvalue weighted by atomic mass is 10.0. The summed E-state index contributed by atoms with van der Waals surface area (Å²) in [7, 11) is 0. The zero-order valence-electron chi connectivity index (χ0n) is 11.7. The Morgan fingerprint density at radius 2 is 1.95 bits per heavy atom. The van der Waals surface area contributed by atoms with Crippen molar-refractivity contribution in [2.75, 3.05) is 0 Å². The molecule has 1 aromatic carbocycles. The van der Waals surface area contributed by atoms with E-state index in [0.717, 1.165) is 5.56 Å². The van der Waals surface area contributed by atoms with E-state index in [9.17, 15) is 9.59 Å². The molecule has 1 aromatic rings. The minimum absolute atomic E-state index is 0.262. The number of nitrogens with one attached hydrogen (secondary N) is 2. The fraction of sp³-hybridized carbons (Fsp3) is 0.429. The third-order valence-corrected chi connectivity index (χ3v) is 3.12. The van der Waals surface area contributed by atoms with Crippen molar-refractivity contribution < 1.29 is 9.59 Å². The molecule has 0 fully saturated rings. The summed E-state index contributed by atoms with van der Waals surface area (Å²) in [5, 5.41) is 5.81. The molecule has 4 N–H and O–H groups in total. The minimum Gasteiger partial charge on any atom is -0.352 e. The molecule has 5 nitrogen and oxygen atoms in total. The van der Waals surface area contributed by atoms with Crippen molar-refractivity contribution in [2.24, 2.45) is 11.7 Å². The van der Waals surface area contributed by atoms with Gasteiger partial charge in [0, 0.05) is 11.6 Å². The molecule has 1 rings (SSSR count). The summed E-state index contributed by atoms with van der Waals surface area (Å²) in [6.45, 7) is 4.25. The maximum atomic E-state index is 12.1. The molecule has 0 spiro atoms. The maximum absolute atomic E-state index is 12.1. The van der Waals surface area contributed by atoms with Crippen LogP contribution in [-0.4, -0.2) is 18.0 Å². The Morgan fingerprint density at radius 3 is 2.50 bits per heavy atom. The van der Waals surface area contributed by atoms with Crippen LogP contribution in [0, 0.1) is 5.92 Å². The predicted octanol–water partition coefficient (Wildman–Crippen LogP) is 2.04. The molecule has 3 amide bonds. The van der Waals surface area contributed by atoms with Crippen LogP contribution in [0.1, 0.15) is 25.8 Å². The summed E-state index contributed by atoms with van der Waals surface area (Å²) < 4.78 is 0. The number of carbonyl (C=O) groups excluding carboxylic acids is 2. The van der Waals surface area contributed by atoms with Crippen LogP contribution < -0.4 is 16.4 Å². The SMILES string of the molecule is CC(C)C[C@@H](NC(N)=O)C(=O)NCc1ccccc1Cl. The monoisotopic (exact) mass is 297 g/mol. The minimum atomic E-state index is -0.705. The van der Waals surface area contributed by atoms with Gasteiger partial charge in [-0.3, -0.25) is 4.79 Å². The fourth-order valence-corrected chi connectivity index (χ4v) is 2.02. The van der Waals surface area contributed by atoms with Gasteiger partial charge in [0.1, 0.15) is 6.04 Å². The van der Waals surface area contributed by atoms with Gasteiger partial charge < -0.3 is 16.4 Å². The second-order valence-electron chi connectivity index (χ2n) is 5.00. The second-order valence-corrected chi connectivity index (χ2v) is 5.41. The van der Waals surface area contributed by atoms with Crippen molar-refractivity contribution in [1.82, 2.24) is 10.6 Å². The molecular weight excluding hydrogens is 278 g/mol. The van der Waals surface area contributed by atoms with Crippen LogP contribution in [0.15, 0.2) is 24.3 Å². The Kier molecular flexibility index (Phi) is 6.31. The average Bonchev–Trinajstić information content (AvgIpc) is 2.35. The van der Waals surface area contributed by atoms with Gasteiger partial charge in [-0.25, -0.2) is 4.79 Å². The van der Waals surface area contributed by atoms with Crippen LogP contribution in [0.2, 0.25) is 5.02 Å².